The molecule has 0 N–H and O–H groups in total. The molecule has 3 heterocycles. The van der Waals surface area contributed by atoms with Gasteiger partial charge in [0.2, 0.25) is 5.75 Å². The summed E-state index contributed by atoms with van der Waals surface area (Å²) in [5.41, 5.74) is 6.44. The van der Waals surface area contributed by atoms with E-state index in [9.17, 15) is 0 Å². The van der Waals surface area contributed by atoms with Crippen LogP contribution in [0.25, 0.3) is 32.1 Å². The lowest BCUT2D eigenvalue weighted by atomic mass is 9.89. The van der Waals surface area contributed by atoms with Crippen LogP contribution in [0.1, 0.15) is 35.4 Å². The van der Waals surface area contributed by atoms with E-state index in [4.69, 9.17) is 4.74 Å². The molecular formula is C25H26NOS+. The Hall–Kier alpha value is -2.39. The summed E-state index contributed by atoms with van der Waals surface area (Å²) in [4.78, 5) is 1.43. The van der Waals surface area contributed by atoms with Crippen molar-refractivity contribution in [2.75, 3.05) is 0 Å². The number of benzene rings is 2. The summed E-state index contributed by atoms with van der Waals surface area (Å²) in [5, 5.41) is 3.76. The molecule has 0 spiro atoms. The first-order chi connectivity index (χ1) is 13.3. The van der Waals surface area contributed by atoms with E-state index in [1.807, 2.05) is 11.3 Å². The Balaban J connectivity index is 1.90. The predicted octanol–water partition coefficient (Wildman–Crippen LogP) is 6.78. The summed E-state index contributed by atoms with van der Waals surface area (Å²) < 4.78 is 10.2. The Morgan fingerprint density at radius 1 is 1.07 bits per heavy atom. The molecule has 0 radical (unpaired) electrons. The molecule has 0 bridgehead atoms. The van der Waals surface area contributed by atoms with Gasteiger partial charge in [-0.3, -0.25) is 0 Å². The van der Waals surface area contributed by atoms with Gasteiger partial charge < -0.3 is 4.74 Å². The Morgan fingerprint density at radius 3 is 2.61 bits per heavy atom. The van der Waals surface area contributed by atoms with Crippen molar-refractivity contribution in [3.05, 3.63) is 52.0 Å². The largest absolute Gasteiger partial charge is 0.449 e. The highest BCUT2D eigenvalue weighted by atomic mass is 32.1. The van der Waals surface area contributed by atoms with Crippen LogP contribution in [-0.4, -0.2) is 0 Å². The number of aryl methyl sites for hydroxylation is 3. The molecule has 0 fully saturated rings. The number of hydrogen-bond donors (Lipinski definition) is 0. The lowest BCUT2D eigenvalue weighted by molar-refractivity contribution is -0.659. The standard InChI is InChI=1S/C25H26NOS/c1-13(2)7-18-11-19-21(28-18)12-26(6)24-22-16(5)15(4)10-17-8-14(3)9-20(23(17)22)27-25(19)24/h8-13H,7H2,1-6H3/q+1. The highest BCUT2D eigenvalue weighted by molar-refractivity contribution is 7.19. The third kappa shape index (κ3) is 2.49. The molecule has 28 heavy (non-hydrogen) atoms. The SMILES string of the molecule is Cc1cc2c3c(c(C)c(C)cc3c1)-c1c(c3cc(CC(C)C)sc3c[n+]1C)O2. The number of hydrogen-bond acceptors (Lipinski definition) is 2. The number of thiophene rings is 1. The van der Waals surface area contributed by atoms with Gasteiger partial charge in [-0.1, -0.05) is 26.0 Å². The molecule has 2 nitrogen and oxygen atoms in total. The molecule has 0 atom stereocenters. The van der Waals surface area contributed by atoms with Crippen LogP contribution in [0.2, 0.25) is 0 Å². The van der Waals surface area contributed by atoms with E-state index in [0.29, 0.717) is 5.92 Å². The van der Waals surface area contributed by atoms with Crippen molar-refractivity contribution in [1.82, 2.24) is 0 Å². The molecule has 142 valence electrons. The second-order valence-electron chi connectivity index (χ2n) is 8.66. The zero-order valence-electron chi connectivity index (χ0n) is 17.4. The number of rotatable bonds is 2. The Labute approximate surface area is 170 Å². The second kappa shape index (κ2) is 6.05. The summed E-state index contributed by atoms with van der Waals surface area (Å²) in [6.07, 6.45) is 3.39. The molecule has 0 saturated carbocycles. The third-order valence-electron chi connectivity index (χ3n) is 5.86. The highest BCUT2D eigenvalue weighted by Gasteiger charge is 2.32. The average Bonchev–Trinajstić information content (AvgIpc) is 2.99. The van der Waals surface area contributed by atoms with Gasteiger partial charge in [0.25, 0.3) is 5.69 Å². The molecule has 0 saturated heterocycles. The topological polar surface area (TPSA) is 13.1 Å². The molecule has 1 aliphatic rings. The molecule has 2 aromatic carbocycles. The normalized spacial score (nSPS) is 12.7. The van der Waals surface area contributed by atoms with E-state index in [0.717, 1.165) is 17.9 Å². The lowest BCUT2D eigenvalue weighted by Crippen LogP contribution is -2.32. The van der Waals surface area contributed by atoms with Gasteiger partial charge in [0, 0.05) is 15.6 Å². The van der Waals surface area contributed by atoms with E-state index in [1.165, 1.54) is 53.7 Å². The third-order valence-corrected chi connectivity index (χ3v) is 6.95. The Morgan fingerprint density at radius 2 is 1.86 bits per heavy atom. The minimum absolute atomic E-state index is 0.653. The summed E-state index contributed by atoms with van der Waals surface area (Å²) in [6, 6.07) is 9.10. The highest BCUT2D eigenvalue weighted by Crippen LogP contribution is 2.50. The van der Waals surface area contributed by atoms with E-state index < -0.39 is 0 Å². The predicted molar refractivity (Wildman–Crippen MR) is 119 cm³/mol. The van der Waals surface area contributed by atoms with Gasteiger partial charge in [-0.2, -0.15) is 4.57 Å². The maximum absolute atomic E-state index is 6.62. The van der Waals surface area contributed by atoms with Crippen molar-refractivity contribution < 1.29 is 9.30 Å². The van der Waals surface area contributed by atoms with Crippen molar-refractivity contribution in [2.24, 2.45) is 13.0 Å². The number of aromatic nitrogens is 1. The molecule has 2 aromatic heterocycles. The zero-order chi connectivity index (χ0) is 19.7. The summed E-state index contributed by atoms with van der Waals surface area (Å²) in [6.45, 7) is 11.2. The van der Waals surface area contributed by atoms with Crippen LogP contribution in [-0.2, 0) is 13.5 Å². The number of pyridine rings is 1. The van der Waals surface area contributed by atoms with E-state index in [2.05, 4.69) is 76.7 Å². The molecule has 0 aliphatic carbocycles. The fraction of sp³-hybridized carbons (Fsp3) is 0.320. The molecule has 1 aliphatic heterocycles. The van der Waals surface area contributed by atoms with E-state index in [1.54, 1.807) is 0 Å². The fourth-order valence-electron chi connectivity index (χ4n) is 4.53. The molecule has 3 heteroatoms. The first-order valence-electron chi connectivity index (χ1n) is 10.0. The van der Waals surface area contributed by atoms with Gasteiger partial charge in [-0.25, -0.2) is 0 Å². The van der Waals surface area contributed by atoms with Crippen molar-refractivity contribution >= 4 is 32.2 Å². The molecule has 0 amide bonds. The first kappa shape index (κ1) is 17.7. The maximum Gasteiger partial charge on any atom is 0.257 e. The minimum Gasteiger partial charge on any atom is -0.449 e. The number of ether oxygens (including phenoxy) is 1. The summed E-state index contributed by atoms with van der Waals surface area (Å²) in [7, 11) is 2.15. The van der Waals surface area contributed by atoms with Crippen LogP contribution in [0.4, 0.5) is 0 Å². The van der Waals surface area contributed by atoms with Crippen LogP contribution in [0.15, 0.2) is 30.5 Å². The van der Waals surface area contributed by atoms with Crippen molar-refractivity contribution in [1.29, 1.82) is 0 Å². The van der Waals surface area contributed by atoms with Crippen LogP contribution < -0.4 is 9.30 Å². The van der Waals surface area contributed by atoms with Gasteiger partial charge in [0.1, 0.15) is 17.5 Å². The fourth-order valence-corrected chi connectivity index (χ4v) is 5.88. The van der Waals surface area contributed by atoms with Crippen molar-refractivity contribution in [3.63, 3.8) is 0 Å². The molecule has 5 rings (SSSR count). The average molecular weight is 389 g/mol. The number of fused-ring (bicyclic) bond motifs is 4. The van der Waals surface area contributed by atoms with Crippen molar-refractivity contribution in [3.8, 4) is 22.8 Å². The van der Waals surface area contributed by atoms with E-state index >= 15 is 0 Å². The minimum atomic E-state index is 0.653. The Kier molecular flexibility index (Phi) is 3.82. The lowest BCUT2D eigenvalue weighted by Gasteiger charge is -2.22. The summed E-state index contributed by atoms with van der Waals surface area (Å²) >= 11 is 1.90. The van der Waals surface area contributed by atoms with Gasteiger partial charge in [-0.15, -0.1) is 11.3 Å². The van der Waals surface area contributed by atoms with Crippen LogP contribution in [0.5, 0.6) is 11.5 Å². The smallest absolute Gasteiger partial charge is 0.257 e. The van der Waals surface area contributed by atoms with Gasteiger partial charge in [0.05, 0.1) is 5.56 Å². The quantitative estimate of drug-likeness (QED) is 0.304. The van der Waals surface area contributed by atoms with Gasteiger partial charge in [-0.05, 0) is 67.3 Å². The first-order valence-corrected chi connectivity index (χ1v) is 10.8. The Bertz CT molecular complexity index is 1280. The van der Waals surface area contributed by atoms with Crippen LogP contribution in [0.3, 0.4) is 0 Å². The zero-order valence-corrected chi connectivity index (χ0v) is 18.3. The second-order valence-corrected chi connectivity index (χ2v) is 9.83. The van der Waals surface area contributed by atoms with Crippen LogP contribution >= 0.6 is 11.3 Å². The van der Waals surface area contributed by atoms with E-state index in [-0.39, 0.29) is 0 Å². The monoisotopic (exact) mass is 388 g/mol. The maximum atomic E-state index is 6.62. The molecule has 0 unspecified atom stereocenters. The van der Waals surface area contributed by atoms with Crippen molar-refractivity contribution in [2.45, 2.75) is 41.0 Å². The summed E-state index contributed by atoms with van der Waals surface area (Å²) in [5.74, 6) is 2.66. The molecule has 4 aromatic rings. The van der Waals surface area contributed by atoms with Gasteiger partial charge >= 0.3 is 0 Å². The molecular weight excluding hydrogens is 362 g/mol. The van der Waals surface area contributed by atoms with Crippen LogP contribution in [0, 0.1) is 26.7 Å². The van der Waals surface area contributed by atoms with Gasteiger partial charge in [0.15, 0.2) is 6.20 Å². The number of nitrogens with zero attached hydrogens (tertiary/aromatic N) is 1.